The predicted molar refractivity (Wildman–Crippen MR) is 90.9 cm³/mol. The predicted octanol–water partition coefficient (Wildman–Crippen LogP) is 5.19. The lowest BCUT2D eigenvalue weighted by Crippen LogP contribution is -2.34. The van der Waals surface area contributed by atoms with Crippen molar-refractivity contribution in [3.05, 3.63) is 50.6 Å². The Morgan fingerprint density at radius 2 is 2.29 bits per heavy atom. The number of carbonyl (C=O) groups excluding carboxylic acids is 1. The number of urea groups is 1. The van der Waals surface area contributed by atoms with Gasteiger partial charge in [-0.2, -0.15) is 0 Å². The zero-order valence-electron chi connectivity index (χ0n) is 11.8. The maximum Gasteiger partial charge on any atom is 0.322 e. The molecule has 5 heteroatoms. The van der Waals surface area contributed by atoms with Crippen LogP contribution >= 0.6 is 27.3 Å². The molecule has 1 aromatic heterocycles. The topological polar surface area (TPSA) is 32.3 Å². The molecule has 0 spiro atoms. The fraction of sp³-hybridized carbons (Fsp3) is 0.312. The van der Waals surface area contributed by atoms with E-state index < -0.39 is 0 Å². The normalized spacial score (nSPS) is 18.0. The van der Waals surface area contributed by atoms with Crippen LogP contribution in [0.4, 0.5) is 10.5 Å². The van der Waals surface area contributed by atoms with Crippen molar-refractivity contribution in [3.63, 3.8) is 0 Å². The third-order valence-corrected chi connectivity index (χ3v) is 5.64. The third-order valence-electron chi connectivity index (χ3n) is 3.81. The van der Waals surface area contributed by atoms with Crippen LogP contribution in [-0.2, 0) is 0 Å². The summed E-state index contributed by atoms with van der Waals surface area (Å²) >= 11 is 5.22. The van der Waals surface area contributed by atoms with E-state index in [1.165, 1.54) is 4.88 Å². The molecule has 110 valence electrons. The number of hydrogen-bond acceptors (Lipinski definition) is 2. The van der Waals surface area contributed by atoms with Crippen molar-refractivity contribution in [3.8, 4) is 0 Å². The van der Waals surface area contributed by atoms with Gasteiger partial charge >= 0.3 is 6.03 Å². The van der Waals surface area contributed by atoms with E-state index in [9.17, 15) is 4.79 Å². The van der Waals surface area contributed by atoms with Crippen molar-refractivity contribution in [2.75, 3.05) is 11.9 Å². The summed E-state index contributed by atoms with van der Waals surface area (Å²) in [6.45, 7) is 2.85. The maximum atomic E-state index is 12.5. The number of carbonyl (C=O) groups is 1. The number of halogens is 1. The molecule has 1 aliphatic rings. The van der Waals surface area contributed by atoms with Crippen molar-refractivity contribution in [1.82, 2.24) is 4.90 Å². The molecule has 1 unspecified atom stereocenters. The van der Waals surface area contributed by atoms with Crippen LogP contribution in [0.3, 0.4) is 0 Å². The minimum atomic E-state index is -0.0124. The van der Waals surface area contributed by atoms with E-state index in [0.29, 0.717) is 0 Å². The number of nitrogens with one attached hydrogen (secondary N) is 1. The number of anilines is 1. The quantitative estimate of drug-likeness (QED) is 0.781. The van der Waals surface area contributed by atoms with Gasteiger partial charge in [-0.1, -0.05) is 28.1 Å². The van der Waals surface area contributed by atoms with E-state index in [1.54, 1.807) is 11.3 Å². The Hall–Kier alpha value is -1.33. The van der Waals surface area contributed by atoms with E-state index in [0.717, 1.165) is 35.1 Å². The summed E-state index contributed by atoms with van der Waals surface area (Å²) in [4.78, 5) is 15.7. The van der Waals surface area contributed by atoms with Crippen LogP contribution in [0.2, 0.25) is 0 Å². The first-order valence-corrected chi connectivity index (χ1v) is 8.69. The first kappa shape index (κ1) is 14.6. The van der Waals surface area contributed by atoms with Crippen LogP contribution in [0.5, 0.6) is 0 Å². The molecule has 2 aromatic rings. The maximum absolute atomic E-state index is 12.5. The number of likely N-dealkylation sites (tertiary alicyclic amines) is 1. The number of hydrogen-bond donors (Lipinski definition) is 1. The summed E-state index contributed by atoms with van der Waals surface area (Å²) in [7, 11) is 0. The summed E-state index contributed by atoms with van der Waals surface area (Å²) in [5, 5.41) is 5.08. The molecule has 1 aromatic carbocycles. The Kier molecular flexibility index (Phi) is 4.31. The van der Waals surface area contributed by atoms with E-state index in [2.05, 4.69) is 32.7 Å². The van der Waals surface area contributed by atoms with Gasteiger partial charge in [-0.15, -0.1) is 11.3 Å². The standard InChI is InChI=1S/C16H17BrN2OS/c1-11-6-7-12(10-13(11)17)18-16(20)19-8-2-4-14(19)15-5-3-9-21-15/h3,5-7,9-10,14H,2,4,8H2,1H3,(H,18,20). The summed E-state index contributed by atoms with van der Waals surface area (Å²) in [5.41, 5.74) is 1.99. The zero-order valence-corrected chi connectivity index (χ0v) is 14.2. The fourth-order valence-electron chi connectivity index (χ4n) is 2.65. The molecule has 2 heterocycles. The van der Waals surface area contributed by atoms with E-state index in [-0.39, 0.29) is 12.1 Å². The molecule has 0 radical (unpaired) electrons. The number of rotatable bonds is 2. The minimum Gasteiger partial charge on any atom is -0.317 e. The number of amides is 2. The van der Waals surface area contributed by atoms with Crippen LogP contribution in [0.1, 0.15) is 29.3 Å². The van der Waals surface area contributed by atoms with E-state index in [4.69, 9.17) is 0 Å². The minimum absolute atomic E-state index is 0.0124. The lowest BCUT2D eigenvalue weighted by molar-refractivity contribution is 0.208. The summed E-state index contributed by atoms with van der Waals surface area (Å²) < 4.78 is 1.01. The molecule has 0 saturated carbocycles. The van der Waals surface area contributed by atoms with E-state index >= 15 is 0 Å². The van der Waals surface area contributed by atoms with Crippen LogP contribution < -0.4 is 5.32 Å². The van der Waals surface area contributed by atoms with Crippen molar-refractivity contribution in [1.29, 1.82) is 0 Å². The van der Waals surface area contributed by atoms with Crippen LogP contribution in [0, 0.1) is 6.92 Å². The average molecular weight is 365 g/mol. The second kappa shape index (κ2) is 6.20. The lowest BCUT2D eigenvalue weighted by Gasteiger charge is -2.24. The fourth-order valence-corrected chi connectivity index (χ4v) is 3.90. The lowest BCUT2D eigenvalue weighted by atomic mass is 10.2. The van der Waals surface area contributed by atoms with Gasteiger partial charge in [0.05, 0.1) is 6.04 Å². The largest absolute Gasteiger partial charge is 0.322 e. The van der Waals surface area contributed by atoms with Gasteiger partial charge in [0.15, 0.2) is 0 Å². The highest BCUT2D eigenvalue weighted by Gasteiger charge is 2.30. The molecule has 3 nitrogen and oxygen atoms in total. The van der Waals surface area contributed by atoms with Crippen molar-refractivity contribution in [2.45, 2.75) is 25.8 Å². The number of benzene rings is 1. The molecule has 0 aliphatic carbocycles. The second-order valence-electron chi connectivity index (χ2n) is 5.26. The number of nitrogens with zero attached hydrogens (tertiary/aromatic N) is 1. The molecule has 1 N–H and O–H groups in total. The third kappa shape index (κ3) is 3.14. The number of thiophene rings is 1. The zero-order chi connectivity index (χ0) is 14.8. The van der Waals surface area contributed by atoms with Crippen molar-refractivity contribution < 1.29 is 4.79 Å². The Morgan fingerprint density at radius 3 is 3.00 bits per heavy atom. The molecule has 21 heavy (non-hydrogen) atoms. The van der Waals surface area contributed by atoms with Gasteiger partial charge in [0.1, 0.15) is 0 Å². The summed E-state index contributed by atoms with van der Waals surface area (Å²) in [5.74, 6) is 0. The molecule has 1 atom stereocenters. The molecule has 1 saturated heterocycles. The molecule has 1 aliphatic heterocycles. The average Bonchev–Trinajstić information content (AvgIpc) is 3.12. The Balaban J connectivity index is 1.73. The van der Waals surface area contributed by atoms with Crippen molar-refractivity contribution in [2.24, 2.45) is 0 Å². The smallest absolute Gasteiger partial charge is 0.317 e. The van der Waals surface area contributed by atoms with Gasteiger partial charge in [0, 0.05) is 21.6 Å². The molecular weight excluding hydrogens is 348 g/mol. The van der Waals surface area contributed by atoms with Gasteiger partial charge in [-0.05, 0) is 48.9 Å². The number of aryl methyl sites for hydroxylation is 1. The van der Waals surface area contributed by atoms with Gasteiger partial charge in [-0.3, -0.25) is 0 Å². The van der Waals surface area contributed by atoms with Crippen LogP contribution in [0.25, 0.3) is 0 Å². The highest BCUT2D eigenvalue weighted by atomic mass is 79.9. The molecule has 3 rings (SSSR count). The molecule has 2 amide bonds. The van der Waals surface area contributed by atoms with Crippen molar-refractivity contribution >= 4 is 39.0 Å². The highest BCUT2D eigenvalue weighted by Crippen LogP contribution is 2.35. The summed E-state index contributed by atoms with van der Waals surface area (Å²) in [6, 6.07) is 10.3. The highest BCUT2D eigenvalue weighted by molar-refractivity contribution is 9.10. The van der Waals surface area contributed by atoms with E-state index in [1.807, 2.05) is 36.1 Å². The monoisotopic (exact) mass is 364 g/mol. The summed E-state index contributed by atoms with van der Waals surface area (Å²) in [6.07, 6.45) is 2.11. The van der Waals surface area contributed by atoms with Gasteiger partial charge in [0.25, 0.3) is 0 Å². The second-order valence-corrected chi connectivity index (χ2v) is 7.09. The molecule has 0 bridgehead atoms. The Labute approximate surface area is 137 Å². The first-order chi connectivity index (χ1) is 10.1. The van der Waals surface area contributed by atoms with Gasteiger partial charge < -0.3 is 10.2 Å². The molecular formula is C16H17BrN2OS. The van der Waals surface area contributed by atoms with Crippen LogP contribution in [0.15, 0.2) is 40.2 Å². The Morgan fingerprint density at radius 1 is 1.43 bits per heavy atom. The molecule has 1 fully saturated rings. The van der Waals surface area contributed by atoms with Crippen LogP contribution in [-0.4, -0.2) is 17.5 Å². The SMILES string of the molecule is Cc1ccc(NC(=O)N2CCCC2c2cccs2)cc1Br. The van der Waals surface area contributed by atoms with Gasteiger partial charge in [0.2, 0.25) is 0 Å². The van der Waals surface area contributed by atoms with Gasteiger partial charge in [-0.25, -0.2) is 4.79 Å². The Bertz CT molecular complexity index is 642. The first-order valence-electron chi connectivity index (χ1n) is 7.02.